The Balaban J connectivity index is 1.70. The first-order valence-electron chi connectivity index (χ1n) is 7.07. The van der Waals surface area contributed by atoms with E-state index in [1.807, 2.05) is 0 Å². The molecule has 0 bridgehead atoms. The second-order valence-electron chi connectivity index (χ2n) is 5.11. The Bertz CT molecular complexity index is 688. The molecule has 0 saturated heterocycles. The summed E-state index contributed by atoms with van der Waals surface area (Å²) in [5.74, 6) is -0.969. The summed E-state index contributed by atoms with van der Waals surface area (Å²) in [5.41, 5.74) is 0. The highest BCUT2D eigenvalue weighted by molar-refractivity contribution is 9.10. The average Bonchev–Trinajstić information content (AvgIpc) is 3.29. The Labute approximate surface area is 143 Å². The van der Waals surface area contributed by atoms with Gasteiger partial charge in [0.15, 0.2) is 6.61 Å². The second kappa shape index (κ2) is 7.89. The smallest absolute Gasteiger partial charge is 0.307 e. The standard InChI is InChI=1S/C14H17BrN2O5S/c15-10-2-1-3-12(8-10)23(20,21)16-7-6-14(19)22-9-13(18)17-11-4-5-11/h1-3,8,11,16H,4-7,9H2,(H,17,18). The number of hydrogen-bond donors (Lipinski definition) is 2. The van der Waals surface area contributed by atoms with E-state index < -0.39 is 16.0 Å². The lowest BCUT2D eigenvalue weighted by Gasteiger charge is -2.08. The Morgan fingerprint density at radius 3 is 2.70 bits per heavy atom. The number of ether oxygens (including phenoxy) is 1. The van der Waals surface area contributed by atoms with Crippen LogP contribution < -0.4 is 10.0 Å². The van der Waals surface area contributed by atoms with Crippen molar-refractivity contribution in [2.24, 2.45) is 0 Å². The maximum Gasteiger partial charge on any atom is 0.307 e. The maximum absolute atomic E-state index is 12.0. The van der Waals surface area contributed by atoms with E-state index >= 15 is 0 Å². The van der Waals surface area contributed by atoms with Crippen molar-refractivity contribution in [2.75, 3.05) is 13.2 Å². The van der Waals surface area contributed by atoms with E-state index in [1.54, 1.807) is 12.1 Å². The number of carbonyl (C=O) groups excluding carboxylic acids is 2. The predicted molar refractivity (Wildman–Crippen MR) is 86.1 cm³/mol. The number of hydrogen-bond acceptors (Lipinski definition) is 5. The molecule has 0 aliphatic heterocycles. The van der Waals surface area contributed by atoms with Crippen LogP contribution in [0.3, 0.4) is 0 Å². The molecule has 7 nitrogen and oxygen atoms in total. The van der Waals surface area contributed by atoms with Crippen LogP contribution in [0.5, 0.6) is 0 Å². The Morgan fingerprint density at radius 2 is 2.04 bits per heavy atom. The molecule has 1 aliphatic rings. The van der Waals surface area contributed by atoms with Gasteiger partial charge in [0.05, 0.1) is 11.3 Å². The summed E-state index contributed by atoms with van der Waals surface area (Å²) in [7, 11) is -3.68. The minimum atomic E-state index is -3.68. The zero-order valence-corrected chi connectivity index (χ0v) is 14.7. The first-order valence-corrected chi connectivity index (χ1v) is 9.34. The van der Waals surface area contributed by atoms with Crippen molar-refractivity contribution in [1.29, 1.82) is 0 Å². The van der Waals surface area contributed by atoms with Crippen LogP contribution in [0.25, 0.3) is 0 Å². The number of rotatable bonds is 8. The van der Waals surface area contributed by atoms with Crippen molar-refractivity contribution >= 4 is 37.8 Å². The molecule has 0 atom stereocenters. The van der Waals surface area contributed by atoms with Gasteiger partial charge < -0.3 is 10.1 Å². The van der Waals surface area contributed by atoms with Crippen molar-refractivity contribution in [1.82, 2.24) is 10.0 Å². The summed E-state index contributed by atoms with van der Waals surface area (Å²) in [6.45, 7) is -0.439. The first-order chi connectivity index (χ1) is 10.9. The highest BCUT2D eigenvalue weighted by atomic mass is 79.9. The molecule has 0 spiro atoms. The number of esters is 1. The second-order valence-corrected chi connectivity index (χ2v) is 7.79. The van der Waals surface area contributed by atoms with Gasteiger partial charge in [0.2, 0.25) is 10.0 Å². The molecule has 1 aromatic carbocycles. The van der Waals surface area contributed by atoms with Crippen LogP contribution >= 0.6 is 15.9 Å². The van der Waals surface area contributed by atoms with Crippen LogP contribution in [0.4, 0.5) is 0 Å². The van der Waals surface area contributed by atoms with Gasteiger partial charge >= 0.3 is 5.97 Å². The van der Waals surface area contributed by atoms with E-state index in [4.69, 9.17) is 4.74 Å². The topological polar surface area (TPSA) is 102 Å². The van der Waals surface area contributed by atoms with Crippen molar-refractivity contribution in [2.45, 2.75) is 30.2 Å². The number of benzene rings is 1. The van der Waals surface area contributed by atoms with E-state index in [-0.39, 0.29) is 36.4 Å². The average molecular weight is 405 g/mol. The number of amides is 1. The molecule has 1 aliphatic carbocycles. The van der Waals surface area contributed by atoms with Gasteiger partial charge in [0.25, 0.3) is 5.91 Å². The molecule has 9 heteroatoms. The third kappa shape index (κ3) is 6.28. The molecule has 0 radical (unpaired) electrons. The zero-order valence-electron chi connectivity index (χ0n) is 12.2. The van der Waals surface area contributed by atoms with E-state index in [1.165, 1.54) is 12.1 Å². The van der Waals surface area contributed by atoms with Gasteiger partial charge in [-0.15, -0.1) is 0 Å². The first kappa shape index (κ1) is 17.9. The largest absolute Gasteiger partial charge is 0.456 e. The lowest BCUT2D eigenvalue weighted by molar-refractivity contribution is -0.148. The summed E-state index contributed by atoms with van der Waals surface area (Å²) in [5, 5.41) is 2.68. The zero-order chi connectivity index (χ0) is 16.9. The van der Waals surface area contributed by atoms with Crippen LogP contribution in [-0.4, -0.2) is 39.5 Å². The van der Waals surface area contributed by atoms with Crippen molar-refractivity contribution in [3.63, 3.8) is 0 Å². The molecule has 1 aromatic rings. The van der Waals surface area contributed by atoms with Crippen LogP contribution in [-0.2, 0) is 24.3 Å². The molecule has 1 amide bonds. The molecule has 0 aromatic heterocycles. The van der Waals surface area contributed by atoms with Gasteiger partial charge in [0, 0.05) is 17.1 Å². The highest BCUT2D eigenvalue weighted by Gasteiger charge is 2.23. The minimum Gasteiger partial charge on any atom is -0.456 e. The van der Waals surface area contributed by atoms with E-state index in [2.05, 4.69) is 26.0 Å². The van der Waals surface area contributed by atoms with E-state index in [0.29, 0.717) is 4.47 Å². The maximum atomic E-state index is 12.0. The lowest BCUT2D eigenvalue weighted by atomic mass is 10.4. The molecular weight excluding hydrogens is 388 g/mol. The highest BCUT2D eigenvalue weighted by Crippen LogP contribution is 2.18. The van der Waals surface area contributed by atoms with Crippen molar-refractivity contribution in [3.05, 3.63) is 28.7 Å². The Hall–Kier alpha value is -1.45. The van der Waals surface area contributed by atoms with Crippen molar-refractivity contribution in [3.8, 4) is 0 Å². The summed E-state index contributed by atoms with van der Waals surface area (Å²) < 4.78 is 31.8. The molecule has 1 saturated carbocycles. The normalized spacial score (nSPS) is 14.3. The molecule has 2 N–H and O–H groups in total. The summed E-state index contributed by atoms with van der Waals surface area (Å²) in [6, 6.07) is 6.43. The van der Waals surface area contributed by atoms with Gasteiger partial charge in [-0.3, -0.25) is 9.59 Å². The molecule has 1 fully saturated rings. The van der Waals surface area contributed by atoms with Gasteiger partial charge in [-0.25, -0.2) is 13.1 Å². The van der Waals surface area contributed by atoms with Gasteiger partial charge in [0.1, 0.15) is 0 Å². The summed E-state index contributed by atoms with van der Waals surface area (Å²) in [4.78, 5) is 22.9. The molecule has 23 heavy (non-hydrogen) atoms. The van der Waals surface area contributed by atoms with E-state index in [0.717, 1.165) is 12.8 Å². The quantitative estimate of drug-likeness (QED) is 0.627. The lowest BCUT2D eigenvalue weighted by Crippen LogP contribution is -2.31. The fourth-order valence-corrected chi connectivity index (χ4v) is 3.35. The van der Waals surface area contributed by atoms with E-state index in [9.17, 15) is 18.0 Å². The molecule has 2 rings (SSSR count). The SMILES string of the molecule is O=C(COC(=O)CCNS(=O)(=O)c1cccc(Br)c1)NC1CC1. The van der Waals surface area contributed by atoms with Gasteiger partial charge in [-0.05, 0) is 31.0 Å². The minimum absolute atomic E-state index is 0.0993. The third-order valence-corrected chi connectivity index (χ3v) is 4.99. The number of sulfonamides is 1. The molecule has 126 valence electrons. The number of halogens is 1. The fourth-order valence-electron chi connectivity index (χ4n) is 1.72. The molecule has 0 unspecified atom stereocenters. The fraction of sp³-hybridized carbons (Fsp3) is 0.429. The molecule has 0 heterocycles. The monoisotopic (exact) mass is 404 g/mol. The van der Waals surface area contributed by atoms with Crippen LogP contribution in [0.15, 0.2) is 33.6 Å². The number of nitrogens with one attached hydrogen (secondary N) is 2. The third-order valence-electron chi connectivity index (χ3n) is 3.03. The number of carbonyl (C=O) groups is 2. The Kier molecular flexibility index (Phi) is 6.14. The predicted octanol–water partition coefficient (Wildman–Crippen LogP) is 0.939. The van der Waals surface area contributed by atoms with Crippen LogP contribution in [0.1, 0.15) is 19.3 Å². The van der Waals surface area contributed by atoms with Gasteiger partial charge in [-0.1, -0.05) is 22.0 Å². The Morgan fingerprint density at radius 1 is 1.30 bits per heavy atom. The van der Waals surface area contributed by atoms with Crippen LogP contribution in [0, 0.1) is 0 Å². The summed E-state index contributed by atoms with van der Waals surface area (Å²) in [6.07, 6.45) is 1.76. The van der Waals surface area contributed by atoms with Gasteiger partial charge in [-0.2, -0.15) is 0 Å². The van der Waals surface area contributed by atoms with Crippen LogP contribution in [0.2, 0.25) is 0 Å². The summed E-state index contributed by atoms with van der Waals surface area (Å²) >= 11 is 3.20. The molecular formula is C14H17BrN2O5S. The van der Waals surface area contributed by atoms with Crippen molar-refractivity contribution < 1.29 is 22.7 Å².